The van der Waals surface area contributed by atoms with E-state index >= 15 is 0 Å². The van der Waals surface area contributed by atoms with E-state index in [1.54, 1.807) is 78.6 Å². The number of nitrogens with zero attached hydrogens (tertiary/aromatic N) is 3. The lowest BCUT2D eigenvalue weighted by atomic mass is 9.92. The number of pyridine rings is 1. The minimum atomic E-state index is -3.73. The summed E-state index contributed by atoms with van der Waals surface area (Å²) in [6, 6.07) is 16.8. The Morgan fingerprint density at radius 2 is 1.74 bits per heavy atom. The number of hydrogen-bond acceptors (Lipinski definition) is 7. The van der Waals surface area contributed by atoms with E-state index in [1.165, 1.54) is 0 Å². The Bertz CT molecular complexity index is 1680. The van der Waals surface area contributed by atoms with Crippen LogP contribution >= 0.6 is 0 Å². The van der Waals surface area contributed by atoms with Crippen LogP contribution in [0.25, 0.3) is 5.69 Å². The Kier molecular flexibility index (Phi) is 8.81. The number of benzene rings is 2. The van der Waals surface area contributed by atoms with E-state index in [0.717, 1.165) is 18.5 Å². The predicted molar refractivity (Wildman–Crippen MR) is 165 cm³/mol. The van der Waals surface area contributed by atoms with Crippen molar-refractivity contribution in [1.82, 2.24) is 19.5 Å². The first-order valence-electron chi connectivity index (χ1n) is 14.1. The molecule has 0 bridgehead atoms. The minimum absolute atomic E-state index is 0.104. The van der Waals surface area contributed by atoms with Crippen LogP contribution in [0.15, 0.2) is 78.0 Å². The average Bonchev–Trinajstić information content (AvgIpc) is 3.64. The first-order chi connectivity index (χ1) is 20.5. The standard InChI is InChI=1S/C31H36N6O5S/c1-21-18-23(9-12-27(21)43(39,40)33-20-26-6-5-17-41-26)37-29(19-28(36-37)31(2,3)4)35-30(38)34-22-7-10-24(11-8-22)42-25-13-15-32-16-14-25/h7-16,18-19,26,33H,5-6,17,20H2,1-4H3,(H2,34,35,38). The van der Waals surface area contributed by atoms with Crippen molar-refractivity contribution in [2.24, 2.45) is 0 Å². The van der Waals surface area contributed by atoms with Gasteiger partial charge in [-0.3, -0.25) is 10.3 Å². The molecule has 1 unspecified atom stereocenters. The highest BCUT2D eigenvalue weighted by Gasteiger charge is 2.24. The zero-order valence-electron chi connectivity index (χ0n) is 24.6. The van der Waals surface area contributed by atoms with Crippen molar-refractivity contribution < 1.29 is 22.7 Å². The van der Waals surface area contributed by atoms with Gasteiger partial charge in [0.1, 0.15) is 17.3 Å². The fourth-order valence-corrected chi connectivity index (χ4v) is 5.90. The zero-order valence-corrected chi connectivity index (χ0v) is 25.4. The van der Waals surface area contributed by atoms with Crippen molar-refractivity contribution in [3.8, 4) is 17.2 Å². The lowest BCUT2D eigenvalue weighted by molar-refractivity contribution is 0.114. The summed E-state index contributed by atoms with van der Waals surface area (Å²) in [5.41, 5.74) is 2.19. The molecule has 1 aliphatic rings. The second-order valence-corrected chi connectivity index (χ2v) is 13.1. The highest BCUT2D eigenvalue weighted by atomic mass is 32.2. The van der Waals surface area contributed by atoms with Crippen molar-refractivity contribution >= 4 is 27.6 Å². The monoisotopic (exact) mass is 604 g/mol. The molecule has 4 aromatic rings. The molecule has 43 heavy (non-hydrogen) atoms. The zero-order chi connectivity index (χ0) is 30.6. The lowest BCUT2D eigenvalue weighted by Crippen LogP contribution is -2.32. The number of anilines is 2. The number of aryl methyl sites for hydroxylation is 1. The summed E-state index contributed by atoms with van der Waals surface area (Å²) in [4.78, 5) is 17.2. The van der Waals surface area contributed by atoms with Gasteiger partial charge in [0.2, 0.25) is 10.0 Å². The van der Waals surface area contributed by atoms with Gasteiger partial charge < -0.3 is 14.8 Å². The van der Waals surface area contributed by atoms with E-state index in [9.17, 15) is 13.2 Å². The topological polar surface area (TPSA) is 136 Å². The molecule has 11 nitrogen and oxygen atoms in total. The third-order valence-electron chi connectivity index (χ3n) is 6.93. The fraction of sp³-hybridized carbons (Fsp3) is 0.323. The van der Waals surface area contributed by atoms with Gasteiger partial charge >= 0.3 is 6.03 Å². The summed E-state index contributed by atoms with van der Waals surface area (Å²) in [6.45, 7) is 8.71. The number of rotatable bonds is 9. The SMILES string of the molecule is Cc1cc(-n2nc(C(C)(C)C)cc2NC(=O)Nc2ccc(Oc3ccncc3)cc2)ccc1S(=O)(=O)NCC1CCCO1. The molecule has 12 heteroatoms. The maximum absolute atomic E-state index is 13.0. The van der Waals surface area contributed by atoms with E-state index in [1.807, 2.05) is 26.8 Å². The Balaban J connectivity index is 1.32. The maximum atomic E-state index is 13.0. The van der Waals surface area contributed by atoms with Crippen LogP contribution < -0.4 is 20.1 Å². The number of urea groups is 1. The lowest BCUT2D eigenvalue weighted by Gasteiger charge is -2.15. The van der Waals surface area contributed by atoms with Crippen LogP contribution in [0.2, 0.25) is 0 Å². The third kappa shape index (κ3) is 7.58. The molecule has 2 amide bonds. The van der Waals surface area contributed by atoms with Gasteiger partial charge in [0.05, 0.1) is 22.4 Å². The molecule has 0 aliphatic carbocycles. The van der Waals surface area contributed by atoms with Crippen molar-refractivity contribution in [1.29, 1.82) is 0 Å². The number of carbonyl (C=O) groups excluding carboxylic acids is 1. The molecule has 3 N–H and O–H groups in total. The Hall–Kier alpha value is -4.26. The molecule has 0 saturated carbocycles. The number of amides is 2. The molecule has 0 spiro atoms. The van der Waals surface area contributed by atoms with Gasteiger partial charge in [-0.25, -0.2) is 22.6 Å². The van der Waals surface area contributed by atoms with E-state index in [4.69, 9.17) is 14.6 Å². The highest BCUT2D eigenvalue weighted by molar-refractivity contribution is 7.89. The molecule has 1 aliphatic heterocycles. The Morgan fingerprint density at radius 1 is 1.02 bits per heavy atom. The Morgan fingerprint density at radius 3 is 2.40 bits per heavy atom. The van der Waals surface area contributed by atoms with Crippen LogP contribution in [0.5, 0.6) is 11.5 Å². The molecule has 1 atom stereocenters. The third-order valence-corrected chi connectivity index (χ3v) is 8.52. The van der Waals surface area contributed by atoms with Crippen molar-refractivity contribution in [2.45, 2.75) is 57.0 Å². The molecular formula is C31H36N6O5S. The molecule has 1 saturated heterocycles. The van der Waals surface area contributed by atoms with E-state index < -0.39 is 16.1 Å². The fourth-order valence-electron chi connectivity index (χ4n) is 4.61. The first-order valence-corrected chi connectivity index (χ1v) is 15.5. The summed E-state index contributed by atoms with van der Waals surface area (Å²) < 4.78 is 41.7. The average molecular weight is 605 g/mol. The molecule has 5 rings (SSSR count). The largest absolute Gasteiger partial charge is 0.457 e. The number of sulfonamides is 1. The second-order valence-electron chi connectivity index (χ2n) is 11.4. The van der Waals surface area contributed by atoms with Crippen LogP contribution in [0.1, 0.15) is 44.9 Å². The molecule has 3 heterocycles. The van der Waals surface area contributed by atoms with Crippen LogP contribution in [0.4, 0.5) is 16.3 Å². The van der Waals surface area contributed by atoms with E-state index in [-0.39, 0.29) is 23.0 Å². The quantitative estimate of drug-likeness (QED) is 0.221. The molecule has 2 aromatic carbocycles. The van der Waals surface area contributed by atoms with Gasteiger partial charge in [0.25, 0.3) is 0 Å². The number of carbonyl (C=O) groups is 1. The normalized spacial score (nSPS) is 15.3. The predicted octanol–water partition coefficient (Wildman–Crippen LogP) is 5.77. The number of hydrogen-bond donors (Lipinski definition) is 3. The smallest absolute Gasteiger partial charge is 0.324 e. The van der Waals surface area contributed by atoms with E-state index in [0.29, 0.717) is 40.9 Å². The van der Waals surface area contributed by atoms with Gasteiger partial charge in [0.15, 0.2) is 0 Å². The van der Waals surface area contributed by atoms with Gasteiger partial charge in [-0.2, -0.15) is 5.10 Å². The first kappa shape index (κ1) is 30.2. The summed E-state index contributed by atoms with van der Waals surface area (Å²) in [6.07, 6.45) is 4.96. The summed E-state index contributed by atoms with van der Waals surface area (Å²) in [5.74, 6) is 1.71. The molecule has 2 aromatic heterocycles. The maximum Gasteiger partial charge on any atom is 0.324 e. The highest BCUT2D eigenvalue weighted by Crippen LogP contribution is 2.28. The van der Waals surface area contributed by atoms with Crippen LogP contribution in [0.3, 0.4) is 0 Å². The molecule has 226 valence electrons. The minimum Gasteiger partial charge on any atom is -0.457 e. The van der Waals surface area contributed by atoms with Crippen molar-refractivity contribution in [2.75, 3.05) is 23.8 Å². The summed E-state index contributed by atoms with van der Waals surface area (Å²) >= 11 is 0. The number of ether oxygens (including phenoxy) is 2. The van der Waals surface area contributed by atoms with E-state index in [2.05, 4.69) is 20.3 Å². The summed E-state index contributed by atoms with van der Waals surface area (Å²) in [5, 5.41) is 10.5. The summed E-state index contributed by atoms with van der Waals surface area (Å²) in [7, 11) is -3.73. The Labute approximate surface area is 251 Å². The van der Waals surface area contributed by atoms with Gasteiger partial charge in [-0.1, -0.05) is 20.8 Å². The number of nitrogens with one attached hydrogen (secondary N) is 3. The van der Waals surface area contributed by atoms with Crippen molar-refractivity contribution in [3.63, 3.8) is 0 Å². The number of aromatic nitrogens is 3. The second kappa shape index (κ2) is 12.5. The molecule has 0 radical (unpaired) electrons. The van der Waals surface area contributed by atoms with Gasteiger partial charge in [-0.05, 0) is 79.9 Å². The molecule has 1 fully saturated rings. The van der Waals surface area contributed by atoms with Crippen LogP contribution in [-0.2, 0) is 20.2 Å². The van der Waals surface area contributed by atoms with Crippen LogP contribution in [-0.4, -0.2) is 48.5 Å². The van der Waals surface area contributed by atoms with Gasteiger partial charge in [-0.15, -0.1) is 0 Å². The van der Waals surface area contributed by atoms with Crippen LogP contribution in [0, 0.1) is 6.92 Å². The molecular weight excluding hydrogens is 568 g/mol. The van der Waals surface area contributed by atoms with Crippen molar-refractivity contribution in [3.05, 3.63) is 84.3 Å². The van der Waals surface area contributed by atoms with Gasteiger partial charge in [0, 0.05) is 42.7 Å².